The van der Waals surface area contributed by atoms with Crippen LogP contribution in [0.15, 0.2) is 28.9 Å². The molecule has 1 heterocycles. The van der Waals surface area contributed by atoms with Crippen molar-refractivity contribution in [2.24, 2.45) is 7.05 Å². The minimum atomic E-state index is 0.641. The van der Waals surface area contributed by atoms with E-state index in [0.29, 0.717) is 11.7 Å². The number of hydrogen-bond acceptors (Lipinski definition) is 2. The van der Waals surface area contributed by atoms with E-state index in [1.165, 1.54) is 3.57 Å². The van der Waals surface area contributed by atoms with Crippen LogP contribution in [0.25, 0.3) is 0 Å². The fourth-order valence-corrected chi connectivity index (χ4v) is 2.98. The van der Waals surface area contributed by atoms with Gasteiger partial charge in [-0.15, -0.1) is 0 Å². The first-order valence-electron chi connectivity index (χ1n) is 4.93. The van der Waals surface area contributed by atoms with Crippen molar-refractivity contribution in [3.63, 3.8) is 0 Å². The molecule has 0 saturated heterocycles. The van der Waals surface area contributed by atoms with Crippen LogP contribution in [0.3, 0.4) is 0 Å². The maximum Gasteiger partial charge on any atom is 0.128 e. The van der Waals surface area contributed by atoms with Gasteiger partial charge in [-0.1, -0.05) is 11.6 Å². The Morgan fingerprint density at radius 2 is 2.29 bits per heavy atom. The van der Waals surface area contributed by atoms with E-state index in [0.717, 1.165) is 16.0 Å². The van der Waals surface area contributed by atoms with Crippen LogP contribution in [-0.2, 0) is 13.6 Å². The number of anilines is 1. The first kappa shape index (κ1) is 13.2. The third kappa shape index (κ3) is 3.14. The van der Waals surface area contributed by atoms with Crippen LogP contribution in [0.2, 0.25) is 5.15 Å². The second-order valence-corrected chi connectivity index (χ2v) is 6.02. The molecule has 2 rings (SSSR count). The molecular formula is C11H10BrClIN3. The molecular weight excluding hydrogens is 416 g/mol. The number of nitrogens with one attached hydrogen (secondary N) is 1. The van der Waals surface area contributed by atoms with Crippen molar-refractivity contribution >= 4 is 55.8 Å². The predicted molar refractivity (Wildman–Crippen MR) is 82.4 cm³/mol. The van der Waals surface area contributed by atoms with E-state index in [2.05, 4.69) is 61.0 Å². The van der Waals surface area contributed by atoms with Crippen molar-refractivity contribution in [2.45, 2.75) is 6.54 Å². The number of rotatable bonds is 3. The van der Waals surface area contributed by atoms with E-state index in [4.69, 9.17) is 11.6 Å². The second-order valence-electron chi connectivity index (χ2n) is 3.53. The van der Waals surface area contributed by atoms with E-state index >= 15 is 0 Å². The smallest absolute Gasteiger partial charge is 0.128 e. The molecule has 2 aromatic rings. The molecule has 17 heavy (non-hydrogen) atoms. The van der Waals surface area contributed by atoms with Gasteiger partial charge in [0.05, 0.1) is 12.7 Å². The maximum absolute atomic E-state index is 5.93. The molecule has 6 heteroatoms. The van der Waals surface area contributed by atoms with Gasteiger partial charge in [-0.05, 0) is 56.7 Å². The molecule has 0 saturated carbocycles. The van der Waals surface area contributed by atoms with Crippen LogP contribution in [0.5, 0.6) is 0 Å². The first-order chi connectivity index (χ1) is 8.08. The lowest BCUT2D eigenvalue weighted by Gasteiger charge is -2.09. The molecule has 0 atom stereocenters. The zero-order valence-corrected chi connectivity index (χ0v) is 13.5. The number of benzene rings is 1. The van der Waals surface area contributed by atoms with Gasteiger partial charge in [-0.3, -0.25) is 0 Å². The Balaban J connectivity index is 2.10. The number of aromatic nitrogens is 2. The SMILES string of the molecule is Cn1c(Cl)cnc1CNc1ccc(I)cc1Br. The molecule has 1 aromatic carbocycles. The summed E-state index contributed by atoms with van der Waals surface area (Å²) in [4.78, 5) is 4.23. The third-order valence-corrected chi connectivity index (χ3v) is 4.07. The van der Waals surface area contributed by atoms with Gasteiger partial charge in [0, 0.05) is 20.8 Å². The summed E-state index contributed by atoms with van der Waals surface area (Å²) >= 11 is 11.7. The van der Waals surface area contributed by atoms with Crippen LogP contribution < -0.4 is 5.32 Å². The van der Waals surface area contributed by atoms with Crippen LogP contribution in [0.1, 0.15) is 5.82 Å². The molecule has 0 amide bonds. The second kappa shape index (κ2) is 5.58. The lowest BCUT2D eigenvalue weighted by Crippen LogP contribution is -2.06. The molecule has 0 aliphatic rings. The summed E-state index contributed by atoms with van der Waals surface area (Å²) < 4.78 is 4.10. The highest BCUT2D eigenvalue weighted by atomic mass is 127. The standard InChI is InChI=1S/C11H10BrClIN3/c1-17-10(13)5-16-11(17)6-15-9-3-2-7(14)4-8(9)12/h2-5,15H,6H2,1H3. The highest BCUT2D eigenvalue weighted by Crippen LogP contribution is 2.24. The summed E-state index contributed by atoms with van der Waals surface area (Å²) in [6, 6.07) is 6.16. The van der Waals surface area contributed by atoms with E-state index in [1.807, 2.05) is 17.7 Å². The van der Waals surface area contributed by atoms with Gasteiger partial charge in [-0.2, -0.15) is 0 Å². The van der Waals surface area contributed by atoms with Gasteiger partial charge in [-0.25, -0.2) is 4.98 Å². The molecule has 3 nitrogen and oxygen atoms in total. The zero-order valence-electron chi connectivity index (χ0n) is 9.04. The summed E-state index contributed by atoms with van der Waals surface area (Å²) in [5.74, 6) is 0.903. The fourth-order valence-electron chi connectivity index (χ4n) is 1.40. The quantitative estimate of drug-likeness (QED) is 0.751. The molecule has 0 fully saturated rings. The van der Waals surface area contributed by atoms with E-state index in [1.54, 1.807) is 6.20 Å². The Morgan fingerprint density at radius 3 is 2.88 bits per heavy atom. The molecule has 1 N–H and O–H groups in total. The van der Waals surface area contributed by atoms with Crippen molar-refractivity contribution in [3.05, 3.63) is 43.4 Å². The van der Waals surface area contributed by atoms with E-state index in [-0.39, 0.29) is 0 Å². The highest BCUT2D eigenvalue weighted by Gasteiger charge is 2.05. The van der Waals surface area contributed by atoms with Crippen molar-refractivity contribution in [1.82, 2.24) is 9.55 Å². The van der Waals surface area contributed by atoms with Crippen molar-refractivity contribution in [1.29, 1.82) is 0 Å². The monoisotopic (exact) mass is 425 g/mol. The van der Waals surface area contributed by atoms with Crippen LogP contribution in [0.4, 0.5) is 5.69 Å². The van der Waals surface area contributed by atoms with Gasteiger partial charge in [0.25, 0.3) is 0 Å². The fraction of sp³-hybridized carbons (Fsp3) is 0.182. The summed E-state index contributed by atoms with van der Waals surface area (Å²) in [5, 5.41) is 3.96. The molecule has 0 aliphatic carbocycles. The summed E-state index contributed by atoms with van der Waals surface area (Å²) in [6.07, 6.45) is 1.65. The molecule has 0 aliphatic heterocycles. The van der Waals surface area contributed by atoms with Crippen LogP contribution in [0, 0.1) is 3.57 Å². The normalized spacial score (nSPS) is 10.6. The topological polar surface area (TPSA) is 29.9 Å². The Labute approximate surface area is 127 Å². The lowest BCUT2D eigenvalue weighted by atomic mass is 10.3. The average molecular weight is 426 g/mol. The third-order valence-electron chi connectivity index (χ3n) is 2.40. The minimum Gasteiger partial charge on any atom is -0.377 e. The number of imidazole rings is 1. The predicted octanol–water partition coefficient (Wildman–Crippen LogP) is 4.05. The van der Waals surface area contributed by atoms with E-state index < -0.39 is 0 Å². The van der Waals surface area contributed by atoms with Crippen LogP contribution >= 0.6 is 50.1 Å². The molecule has 1 aromatic heterocycles. The minimum absolute atomic E-state index is 0.641. The molecule has 0 unspecified atom stereocenters. The van der Waals surface area contributed by atoms with Crippen molar-refractivity contribution in [3.8, 4) is 0 Å². The van der Waals surface area contributed by atoms with Crippen molar-refractivity contribution < 1.29 is 0 Å². The molecule has 0 bridgehead atoms. The number of nitrogens with zero attached hydrogens (tertiary/aromatic N) is 2. The first-order valence-corrected chi connectivity index (χ1v) is 7.18. The Morgan fingerprint density at radius 1 is 1.53 bits per heavy atom. The van der Waals surface area contributed by atoms with Crippen LogP contribution in [-0.4, -0.2) is 9.55 Å². The van der Waals surface area contributed by atoms with Gasteiger partial charge >= 0.3 is 0 Å². The number of halogens is 3. The van der Waals surface area contributed by atoms with Gasteiger partial charge in [0.2, 0.25) is 0 Å². The van der Waals surface area contributed by atoms with E-state index in [9.17, 15) is 0 Å². The Hall–Kier alpha value is -0.270. The van der Waals surface area contributed by atoms with Gasteiger partial charge in [0.15, 0.2) is 0 Å². The Kier molecular flexibility index (Phi) is 4.32. The Bertz CT molecular complexity index is 542. The zero-order chi connectivity index (χ0) is 12.4. The largest absolute Gasteiger partial charge is 0.377 e. The molecule has 0 spiro atoms. The molecule has 90 valence electrons. The number of hydrogen-bond donors (Lipinski definition) is 1. The lowest BCUT2D eigenvalue weighted by molar-refractivity contribution is 0.813. The molecule has 0 radical (unpaired) electrons. The summed E-state index contributed by atoms with van der Waals surface area (Å²) in [7, 11) is 1.90. The summed E-state index contributed by atoms with van der Waals surface area (Å²) in [6.45, 7) is 0.641. The van der Waals surface area contributed by atoms with Gasteiger partial charge < -0.3 is 9.88 Å². The average Bonchev–Trinajstić information content (AvgIpc) is 2.59. The highest BCUT2D eigenvalue weighted by molar-refractivity contribution is 14.1. The van der Waals surface area contributed by atoms with Crippen molar-refractivity contribution in [2.75, 3.05) is 5.32 Å². The van der Waals surface area contributed by atoms with Gasteiger partial charge in [0.1, 0.15) is 11.0 Å². The maximum atomic E-state index is 5.93. The summed E-state index contributed by atoms with van der Waals surface area (Å²) in [5.41, 5.74) is 1.05.